The predicted octanol–water partition coefficient (Wildman–Crippen LogP) is 1.83. The zero-order chi connectivity index (χ0) is 16.8. The molecule has 7 heteroatoms. The number of anilines is 1. The number of piperidine rings is 1. The molecule has 1 saturated heterocycles. The third-order valence-corrected chi connectivity index (χ3v) is 4.90. The summed E-state index contributed by atoms with van der Waals surface area (Å²) in [6.45, 7) is 2.85. The lowest BCUT2D eigenvalue weighted by Gasteiger charge is -2.33. The topological polar surface area (TPSA) is 84.1 Å². The van der Waals surface area contributed by atoms with Crippen LogP contribution < -0.4 is 11.1 Å². The Morgan fingerprint density at radius 2 is 2.42 bits per heavy atom. The van der Waals surface area contributed by atoms with Crippen molar-refractivity contribution in [1.29, 1.82) is 0 Å². The maximum absolute atomic E-state index is 12.2. The molecule has 1 aliphatic heterocycles. The Bertz CT molecular complexity index is 660. The van der Waals surface area contributed by atoms with Crippen LogP contribution in [0.25, 0.3) is 0 Å². The minimum atomic E-state index is 0.0924. The Morgan fingerprint density at radius 1 is 1.50 bits per heavy atom. The lowest BCUT2D eigenvalue weighted by molar-refractivity contribution is -0.122. The number of nitrogens with zero attached hydrogens (tertiary/aromatic N) is 3. The average molecular weight is 345 g/mol. The van der Waals surface area contributed by atoms with Gasteiger partial charge in [0.15, 0.2) is 5.13 Å². The van der Waals surface area contributed by atoms with E-state index in [2.05, 4.69) is 26.3 Å². The van der Waals surface area contributed by atoms with E-state index in [0.29, 0.717) is 18.0 Å². The van der Waals surface area contributed by atoms with Crippen LogP contribution in [-0.4, -0.2) is 39.9 Å². The Labute approximate surface area is 146 Å². The van der Waals surface area contributed by atoms with E-state index in [9.17, 15) is 4.79 Å². The number of likely N-dealkylation sites (tertiary alicyclic amines) is 1. The van der Waals surface area contributed by atoms with Gasteiger partial charge in [-0.2, -0.15) is 0 Å². The lowest BCUT2D eigenvalue weighted by atomic mass is 10.0. The number of rotatable bonds is 6. The van der Waals surface area contributed by atoms with Gasteiger partial charge in [-0.3, -0.25) is 14.7 Å². The highest BCUT2D eigenvalue weighted by Gasteiger charge is 2.21. The number of pyridine rings is 1. The third kappa shape index (κ3) is 5.01. The first-order valence-corrected chi connectivity index (χ1v) is 9.17. The van der Waals surface area contributed by atoms with Crippen molar-refractivity contribution >= 4 is 22.4 Å². The van der Waals surface area contributed by atoms with Crippen LogP contribution in [0.3, 0.4) is 0 Å². The molecule has 1 aliphatic rings. The molecule has 128 valence electrons. The van der Waals surface area contributed by atoms with Gasteiger partial charge in [-0.15, -0.1) is 11.3 Å². The Morgan fingerprint density at radius 3 is 3.17 bits per heavy atom. The smallest absolute Gasteiger partial charge is 0.220 e. The van der Waals surface area contributed by atoms with Gasteiger partial charge >= 0.3 is 0 Å². The molecule has 24 heavy (non-hydrogen) atoms. The Balaban J connectivity index is 1.43. The molecule has 0 bridgehead atoms. The summed E-state index contributed by atoms with van der Waals surface area (Å²) >= 11 is 1.42. The van der Waals surface area contributed by atoms with Crippen molar-refractivity contribution in [3.63, 3.8) is 0 Å². The molecule has 0 aliphatic carbocycles. The van der Waals surface area contributed by atoms with E-state index in [4.69, 9.17) is 5.73 Å². The van der Waals surface area contributed by atoms with Crippen LogP contribution in [0.2, 0.25) is 0 Å². The first-order valence-electron chi connectivity index (χ1n) is 8.29. The average Bonchev–Trinajstić information content (AvgIpc) is 3.00. The van der Waals surface area contributed by atoms with Crippen LogP contribution in [0.1, 0.15) is 30.5 Å². The molecule has 3 heterocycles. The van der Waals surface area contributed by atoms with Gasteiger partial charge in [-0.1, -0.05) is 6.07 Å². The number of thiazole rings is 1. The fourth-order valence-corrected chi connectivity index (χ4v) is 3.64. The number of aryl methyl sites for hydroxylation is 1. The summed E-state index contributed by atoms with van der Waals surface area (Å²) in [5, 5.41) is 5.63. The minimum absolute atomic E-state index is 0.0924. The highest BCUT2D eigenvalue weighted by Crippen LogP contribution is 2.15. The number of nitrogens with one attached hydrogen (secondary N) is 1. The maximum Gasteiger partial charge on any atom is 0.220 e. The van der Waals surface area contributed by atoms with Crippen molar-refractivity contribution in [2.24, 2.45) is 0 Å². The summed E-state index contributed by atoms with van der Waals surface area (Å²) < 4.78 is 0. The zero-order valence-electron chi connectivity index (χ0n) is 13.6. The number of nitrogens with two attached hydrogens (primary N) is 1. The molecular formula is C17H23N5OS. The van der Waals surface area contributed by atoms with E-state index in [1.165, 1.54) is 16.9 Å². The van der Waals surface area contributed by atoms with Gasteiger partial charge in [-0.25, -0.2) is 4.98 Å². The predicted molar refractivity (Wildman–Crippen MR) is 95.5 cm³/mol. The van der Waals surface area contributed by atoms with Crippen molar-refractivity contribution in [1.82, 2.24) is 20.2 Å². The second-order valence-electron chi connectivity index (χ2n) is 6.18. The van der Waals surface area contributed by atoms with E-state index in [0.717, 1.165) is 38.2 Å². The summed E-state index contributed by atoms with van der Waals surface area (Å²) in [4.78, 5) is 22.9. The van der Waals surface area contributed by atoms with Crippen LogP contribution in [0.15, 0.2) is 29.9 Å². The SMILES string of the molecule is Nc1nc(CCC(=O)NC2CCCN(Cc3cccnc3)C2)cs1. The van der Waals surface area contributed by atoms with Crippen molar-refractivity contribution in [2.45, 2.75) is 38.3 Å². The fraction of sp³-hybridized carbons (Fsp3) is 0.471. The summed E-state index contributed by atoms with van der Waals surface area (Å²) in [7, 11) is 0. The second-order valence-corrected chi connectivity index (χ2v) is 7.07. The van der Waals surface area contributed by atoms with Crippen molar-refractivity contribution in [3.8, 4) is 0 Å². The molecule has 0 radical (unpaired) electrons. The largest absolute Gasteiger partial charge is 0.375 e. The highest BCUT2D eigenvalue weighted by atomic mass is 32.1. The molecule has 1 amide bonds. The molecule has 3 N–H and O–H groups in total. The molecule has 0 saturated carbocycles. The van der Waals surface area contributed by atoms with Crippen LogP contribution in [0.4, 0.5) is 5.13 Å². The second kappa shape index (κ2) is 8.21. The molecule has 2 aromatic heterocycles. The molecule has 2 aromatic rings. The number of hydrogen-bond donors (Lipinski definition) is 2. The lowest BCUT2D eigenvalue weighted by Crippen LogP contribution is -2.47. The molecule has 1 fully saturated rings. The van der Waals surface area contributed by atoms with Gasteiger partial charge in [0, 0.05) is 43.3 Å². The molecule has 1 atom stereocenters. The van der Waals surface area contributed by atoms with E-state index in [1.807, 2.05) is 17.6 Å². The van der Waals surface area contributed by atoms with E-state index < -0.39 is 0 Å². The number of carbonyl (C=O) groups excluding carboxylic acids is 1. The van der Waals surface area contributed by atoms with Crippen LogP contribution >= 0.6 is 11.3 Å². The van der Waals surface area contributed by atoms with Gasteiger partial charge in [0.1, 0.15) is 0 Å². The quantitative estimate of drug-likeness (QED) is 0.834. The summed E-state index contributed by atoms with van der Waals surface area (Å²) in [6.07, 6.45) is 6.95. The minimum Gasteiger partial charge on any atom is -0.375 e. The molecule has 0 spiro atoms. The monoisotopic (exact) mass is 345 g/mol. The maximum atomic E-state index is 12.2. The zero-order valence-corrected chi connectivity index (χ0v) is 14.5. The summed E-state index contributed by atoms with van der Waals surface area (Å²) in [5.74, 6) is 0.0924. The van der Waals surface area contributed by atoms with Crippen molar-refractivity contribution in [2.75, 3.05) is 18.8 Å². The van der Waals surface area contributed by atoms with Gasteiger partial charge in [0.2, 0.25) is 5.91 Å². The molecule has 6 nitrogen and oxygen atoms in total. The first-order chi connectivity index (χ1) is 11.7. The van der Waals surface area contributed by atoms with Crippen LogP contribution in [-0.2, 0) is 17.8 Å². The van der Waals surface area contributed by atoms with Gasteiger partial charge < -0.3 is 11.1 Å². The standard InChI is InChI=1S/C17H23N5OS/c18-17-21-15(12-24-17)5-6-16(23)20-14-4-2-8-22(11-14)10-13-3-1-7-19-9-13/h1,3,7,9,12,14H,2,4-6,8,10-11H2,(H2,18,21)(H,20,23). The summed E-state index contributed by atoms with van der Waals surface area (Å²) in [6, 6.07) is 4.28. The van der Waals surface area contributed by atoms with Crippen LogP contribution in [0, 0.1) is 0 Å². The number of nitrogen functional groups attached to an aromatic ring is 1. The fourth-order valence-electron chi connectivity index (χ4n) is 3.05. The number of carbonyl (C=O) groups is 1. The Kier molecular flexibility index (Phi) is 5.77. The summed E-state index contributed by atoms with van der Waals surface area (Å²) in [5.41, 5.74) is 7.72. The van der Waals surface area contributed by atoms with Gasteiger partial charge in [-0.05, 0) is 37.4 Å². The third-order valence-electron chi connectivity index (χ3n) is 4.18. The van der Waals surface area contributed by atoms with Crippen molar-refractivity contribution < 1.29 is 4.79 Å². The number of amides is 1. The molecular weight excluding hydrogens is 322 g/mol. The highest BCUT2D eigenvalue weighted by molar-refractivity contribution is 7.13. The van der Waals surface area contributed by atoms with Crippen LogP contribution in [0.5, 0.6) is 0 Å². The van der Waals surface area contributed by atoms with E-state index >= 15 is 0 Å². The Hall–Kier alpha value is -1.99. The van der Waals surface area contributed by atoms with E-state index in [-0.39, 0.29) is 11.9 Å². The van der Waals surface area contributed by atoms with Crippen molar-refractivity contribution in [3.05, 3.63) is 41.2 Å². The molecule has 1 unspecified atom stereocenters. The normalized spacial score (nSPS) is 18.4. The number of hydrogen-bond acceptors (Lipinski definition) is 6. The van der Waals surface area contributed by atoms with Gasteiger partial charge in [0.05, 0.1) is 5.69 Å². The van der Waals surface area contributed by atoms with E-state index in [1.54, 1.807) is 6.20 Å². The molecule has 0 aromatic carbocycles. The first kappa shape index (κ1) is 16.9. The number of aromatic nitrogens is 2. The molecule has 3 rings (SSSR count). The van der Waals surface area contributed by atoms with Gasteiger partial charge in [0.25, 0.3) is 0 Å².